The number of ether oxygens (including phenoxy) is 4. The maximum absolute atomic E-state index is 15.0. The second-order valence-electron chi connectivity index (χ2n) is 18.9. The molecule has 0 unspecified atom stereocenters. The maximum atomic E-state index is 15.0. The van der Waals surface area contributed by atoms with E-state index >= 15 is 4.79 Å². The fourth-order valence-corrected chi connectivity index (χ4v) is 11.3. The second kappa shape index (κ2) is 18.2. The summed E-state index contributed by atoms with van der Waals surface area (Å²) in [7, 11) is 0. The number of anilines is 1. The van der Waals surface area contributed by atoms with Crippen LogP contribution in [0.1, 0.15) is 106 Å². The number of hydrogen-bond donors (Lipinski definition) is 10. The number of hydrogen-bond acceptors (Lipinski definition) is 18. The van der Waals surface area contributed by atoms with Crippen LogP contribution in [0.4, 0.5) is 5.69 Å². The zero-order chi connectivity index (χ0) is 47.6. The Morgan fingerprint density at radius 2 is 1.79 bits per heavy atom. The van der Waals surface area contributed by atoms with Gasteiger partial charge in [0.1, 0.15) is 49.7 Å². The highest BCUT2D eigenvalue weighted by Crippen LogP contribution is 2.54. The van der Waals surface area contributed by atoms with Crippen LogP contribution in [0.2, 0.25) is 0 Å². The number of rotatable bonds is 8. The SMILES string of the molecule is N[C@H]1NC(=O)[C@@H]2NCN(c3ccccc3[C@H]3c4cc5c(c(OC[C@H](O)CC=O)c4O[C@H]4O[C@H]6C7(CCCC7)OC[C@@H]3CC[C@H](O)CC#C[C@@]6(O)[C@@H](O)[C@@H]4O)C(=O)c3cc(CO)ccc3C5=O)[C@H]2N1. The molecule has 11 N–H and O–H groups in total. The van der Waals surface area contributed by atoms with Crippen molar-refractivity contribution in [2.24, 2.45) is 11.7 Å². The number of nitrogens with zero attached hydrogens (tertiary/aromatic N) is 1. The Morgan fingerprint density at radius 3 is 2.57 bits per heavy atom. The molecule has 10 rings (SSSR count). The van der Waals surface area contributed by atoms with Gasteiger partial charge in [-0.2, -0.15) is 0 Å². The molecular weight excluding hydrogens is 883 g/mol. The highest BCUT2D eigenvalue weighted by atomic mass is 16.7. The van der Waals surface area contributed by atoms with Gasteiger partial charge in [-0.1, -0.05) is 48.9 Å². The summed E-state index contributed by atoms with van der Waals surface area (Å²) in [6.07, 6.45) is -8.76. The average molecular weight is 938 g/mol. The second-order valence-corrected chi connectivity index (χ2v) is 18.9. The molecule has 68 heavy (non-hydrogen) atoms. The molecule has 0 aromatic heterocycles. The highest BCUT2D eigenvalue weighted by molar-refractivity contribution is 6.29. The van der Waals surface area contributed by atoms with Crippen LogP contribution in [-0.4, -0.2) is 141 Å². The molecule has 12 atom stereocenters. The molecule has 360 valence electrons. The van der Waals surface area contributed by atoms with Crippen LogP contribution < -0.4 is 36.1 Å². The van der Waals surface area contributed by atoms with Gasteiger partial charge in [0, 0.05) is 46.7 Å². The summed E-state index contributed by atoms with van der Waals surface area (Å²) in [5.74, 6) is 1.90. The van der Waals surface area contributed by atoms with Gasteiger partial charge in [0.15, 0.2) is 28.7 Å². The molecule has 1 saturated carbocycles. The van der Waals surface area contributed by atoms with Gasteiger partial charge in [-0.3, -0.25) is 30.8 Å². The van der Waals surface area contributed by atoms with Crippen LogP contribution in [0.5, 0.6) is 11.5 Å². The number of nitrogens with one attached hydrogen (secondary N) is 3. The number of benzene rings is 3. The Balaban J connectivity index is 1.27. The first-order valence-electron chi connectivity index (χ1n) is 23.2. The third-order valence-corrected chi connectivity index (χ3v) is 14.7. The topological polar surface area (TPSA) is 292 Å². The zero-order valence-corrected chi connectivity index (χ0v) is 37.0. The first kappa shape index (κ1) is 46.4. The van der Waals surface area contributed by atoms with Gasteiger partial charge in [-0.15, -0.1) is 0 Å². The number of amides is 1. The number of carbonyl (C=O) groups excluding carboxylic acids is 4. The van der Waals surface area contributed by atoms with Crippen molar-refractivity contribution in [3.63, 3.8) is 0 Å². The van der Waals surface area contributed by atoms with E-state index in [0.29, 0.717) is 48.8 Å². The van der Waals surface area contributed by atoms with E-state index in [1.54, 1.807) is 0 Å². The minimum Gasteiger partial charge on any atom is -0.486 e. The molecule has 2 aliphatic carbocycles. The van der Waals surface area contributed by atoms with Crippen molar-refractivity contribution < 1.29 is 68.8 Å². The third-order valence-electron chi connectivity index (χ3n) is 14.7. The van der Waals surface area contributed by atoms with Crippen molar-refractivity contribution in [1.82, 2.24) is 16.0 Å². The molecule has 4 fully saturated rings. The molecular formula is C49H55N5O14. The highest BCUT2D eigenvalue weighted by Gasteiger charge is 2.64. The van der Waals surface area contributed by atoms with Gasteiger partial charge in [0.25, 0.3) is 0 Å². The minimum absolute atomic E-state index is 0.0425. The summed E-state index contributed by atoms with van der Waals surface area (Å²) in [6, 6.07) is 12.6. The van der Waals surface area contributed by atoms with Crippen molar-refractivity contribution in [2.45, 2.75) is 130 Å². The van der Waals surface area contributed by atoms with Crippen molar-refractivity contribution in [1.29, 1.82) is 0 Å². The average Bonchev–Trinajstić information content (AvgIpc) is 3.99. The van der Waals surface area contributed by atoms with Gasteiger partial charge in [0.2, 0.25) is 12.2 Å². The van der Waals surface area contributed by atoms with Crippen LogP contribution in [0, 0.1) is 17.8 Å². The standard InChI is InChI=1S/C49H55N5O14/c50-47-52-43-36(44(63)53-47)51-23-54(43)33-8-2-1-7-29(33)34-25-10-11-26(57)6-5-16-49(64)42(62)39(61)45(68-46(49)48(66-21-25)14-3-4-15-48)67-40-32(34)19-31-35(41(40)65-22-27(58)13-17-55)38(60)30-18-24(20-56)9-12-28(30)37(31)59/h1-2,7-9,12,17-19,25-27,34,36,39,42-43,45-47,51-52,56-58,61-62,64H,3-4,6,10-11,13-15,20-23,50H2,(H,53,63)/t25-,26+,27+,34-,36+,39-,42-,43+,45-,46-,47+,49+/m0/s1. The van der Waals surface area contributed by atoms with Crippen molar-refractivity contribution in [2.75, 3.05) is 24.8 Å². The van der Waals surface area contributed by atoms with Gasteiger partial charge in [0.05, 0.1) is 43.3 Å². The van der Waals surface area contributed by atoms with E-state index < -0.39 is 103 Å². The largest absolute Gasteiger partial charge is 0.486 e. The Bertz CT molecular complexity index is 2580. The number of ketones is 2. The lowest BCUT2D eigenvalue weighted by molar-refractivity contribution is -0.329. The quantitative estimate of drug-likeness (QED) is 0.0787. The van der Waals surface area contributed by atoms with Crippen LogP contribution >= 0.6 is 0 Å². The summed E-state index contributed by atoms with van der Waals surface area (Å²) in [5, 5.41) is 78.6. The van der Waals surface area contributed by atoms with Gasteiger partial charge < -0.3 is 64.6 Å². The predicted octanol–water partition coefficient (Wildman–Crippen LogP) is -0.498. The molecule has 3 saturated heterocycles. The van der Waals surface area contributed by atoms with Gasteiger partial charge >= 0.3 is 0 Å². The number of para-hydroxylation sites is 1. The van der Waals surface area contributed by atoms with Crippen LogP contribution in [0.15, 0.2) is 48.5 Å². The van der Waals surface area contributed by atoms with E-state index in [1.165, 1.54) is 24.3 Å². The molecule has 7 aliphatic rings. The Labute approximate surface area is 390 Å². The lowest BCUT2D eigenvalue weighted by atomic mass is 9.73. The van der Waals surface area contributed by atoms with E-state index in [-0.39, 0.29) is 84.2 Å². The molecule has 0 radical (unpaired) electrons. The molecule has 1 spiro atoms. The van der Waals surface area contributed by atoms with E-state index in [9.17, 15) is 45.0 Å². The molecule has 5 aliphatic heterocycles. The van der Waals surface area contributed by atoms with E-state index in [1.807, 2.05) is 29.2 Å². The first-order chi connectivity index (χ1) is 32.8. The molecule has 1 amide bonds. The van der Waals surface area contributed by atoms with Crippen molar-refractivity contribution >= 4 is 29.4 Å². The fourth-order valence-electron chi connectivity index (χ4n) is 11.3. The molecule has 3 aromatic rings. The Kier molecular flexibility index (Phi) is 12.4. The molecule has 19 nitrogen and oxygen atoms in total. The number of nitrogens with two attached hydrogens (primary N) is 1. The Morgan fingerprint density at radius 1 is 1.00 bits per heavy atom. The van der Waals surface area contributed by atoms with E-state index in [2.05, 4.69) is 27.8 Å². The number of aldehydes is 1. The Hall–Kier alpha value is -5.34. The normalized spacial score (nSPS) is 33.1. The first-order valence-corrected chi connectivity index (χ1v) is 23.2. The molecule has 3 aromatic carbocycles. The predicted molar refractivity (Wildman–Crippen MR) is 238 cm³/mol. The summed E-state index contributed by atoms with van der Waals surface area (Å²) in [6.45, 7) is -0.887. The third kappa shape index (κ3) is 7.77. The zero-order valence-electron chi connectivity index (χ0n) is 37.0. The van der Waals surface area contributed by atoms with Crippen LogP contribution in [-0.2, 0) is 25.7 Å². The van der Waals surface area contributed by atoms with Gasteiger partial charge in [-0.25, -0.2) is 0 Å². The number of aliphatic hydroxyl groups excluding tert-OH is 5. The summed E-state index contributed by atoms with van der Waals surface area (Å²) in [4.78, 5) is 56.8. The lowest BCUT2D eigenvalue weighted by Gasteiger charge is -2.51. The fraction of sp³-hybridized carbons (Fsp3) is 0.510. The number of fused-ring (bicyclic) bond motifs is 7. The smallest absolute Gasteiger partial charge is 0.242 e. The summed E-state index contributed by atoms with van der Waals surface area (Å²) >= 11 is 0. The molecule has 5 heterocycles. The van der Waals surface area contributed by atoms with E-state index in [4.69, 9.17) is 24.7 Å². The van der Waals surface area contributed by atoms with Crippen molar-refractivity contribution in [3.05, 3.63) is 87.5 Å². The summed E-state index contributed by atoms with van der Waals surface area (Å²) < 4.78 is 27.1. The number of carbonyl (C=O) groups is 4. The lowest BCUT2D eigenvalue weighted by Crippen LogP contribution is -2.72. The van der Waals surface area contributed by atoms with Crippen LogP contribution in [0.25, 0.3) is 0 Å². The van der Waals surface area contributed by atoms with E-state index in [0.717, 1.165) is 0 Å². The van der Waals surface area contributed by atoms with Crippen molar-refractivity contribution in [3.8, 4) is 23.3 Å². The molecule has 19 heteroatoms. The van der Waals surface area contributed by atoms with Crippen LogP contribution in [0.3, 0.4) is 0 Å². The maximum Gasteiger partial charge on any atom is 0.242 e. The van der Waals surface area contributed by atoms with Gasteiger partial charge in [-0.05, 0) is 67.0 Å². The monoisotopic (exact) mass is 937 g/mol. The minimum atomic E-state index is -2.44. The number of aliphatic hydroxyl groups is 6. The molecule has 3 bridgehead atoms. The summed E-state index contributed by atoms with van der Waals surface area (Å²) in [5.41, 5.74) is 3.98.